The smallest absolute Gasteiger partial charge is 0.271 e. The summed E-state index contributed by atoms with van der Waals surface area (Å²) in [7, 11) is 3.06. The van der Waals surface area contributed by atoms with E-state index in [-0.39, 0.29) is 5.91 Å². The molecule has 8 heteroatoms. The van der Waals surface area contributed by atoms with Crippen LogP contribution < -0.4 is 14.9 Å². The molecule has 0 saturated carbocycles. The molecule has 6 nitrogen and oxygen atoms in total. The van der Waals surface area contributed by atoms with Gasteiger partial charge in [0.25, 0.3) is 5.91 Å². The Bertz CT molecular complexity index is 1370. The topological polar surface area (TPSA) is 64.8 Å². The second kappa shape index (κ2) is 10.2. The highest BCUT2D eigenvalue weighted by Gasteiger charge is 2.14. The van der Waals surface area contributed by atoms with Crippen molar-refractivity contribution < 1.29 is 14.3 Å². The summed E-state index contributed by atoms with van der Waals surface area (Å²) in [5.74, 6) is 0.671. The van der Waals surface area contributed by atoms with Gasteiger partial charge < -0.3 is 14.0 Å². The summed E-state index contributed by atoms with van der Waals surface area (Å²) in [5, 5.41) is 6.46. The molecule has 1 heterocycles. The SMILES string of the molecule is COc1cc(OC)cc(C(=O)NN=Cc2c(C)n(Cc3ccc(Cl)cc3Cl)c3ccccc23)c1. The minimum absolute atomic E-state index is 0.372. The number of carbonyl (C=O) groups excluding carboxylic acids is 1. The molecule has 0 spiro atoms. The van der Waals surface area contributed by atoms with Crippen LogP contribution in [-0.4, -0.2) is 30.9 Å². The Kier molecular flexibility index (Phi) is 7.10. The van der Waals surface area contributed by atoms with Gasteiger partial charge >= 0.3 is 0 Å². The van der Waals surface area contributed by atoms with Crippen LogP contribution in [0, 0.1) is 6.92 Å². The molecule has 0 aliphatic rings. The number of ether oxygens (including phenoxy) is 2. The number of benzene rings is 3. The summed E-state index contributed by atoms with van der Waals surface area (Å²) in [5.41, 5.74) is 6.87. The number of hydrogen-bond donors (Lipinski definition) is 1. The highest BCUT2D eigenvalue weighted by Crippen LogP contribution is 2.28. The van der Waals surface area contributed by atoms with Crippen LogP contribution in [0.4, 0.5) is 0 Å². The lowest BCUT2D eigenvalue weighted by atomic mass is 10.1. The number of rotatable bonds is 7. The van der Waals surface area contributed by atoms with Crippen molar-refractivity contribution in [3.63, 3.8) is 0 Å². The van der Waals surface area contributed by atoms with Crippen LogP contribution in [0.3, 0.4) is 0 Å². The van der Waals surface area contributed by atoms with E-state index in [1.54, 1.807) is 30.5 Å². The Balaban J connectivity index is 1.62. The van der Waals surface area contributed by atoms with Crippen molar-refractivity contribution >= 4 is 46.2 Å². The molecule has 0 aliphatic carbocycles. The normalized spacial score (nSPS) is 11.2. The molecule has 0 radical (unpaired) electrons. The van der Waals surface area contributed by atoms with E-state index in [1.165, 1.54) is 14.2 Å². The van der Waals surface area contributed by atoms with Crippen molar-refractivity contribution in [2.75, 3.05) is 14.2 Å². The molecule has 4 rings (SSSR count). The molecule has 4 aromatic rings. The highest BCUT2D eigenvalue weighted by molar-refractivity contribution is 6.35. The van der Waals surface area contributed by atoms with Crippen molar-refractivity contribution in [3.05, 3.63) is 93.1 Å². The number of methoxy groups -OCH3 is 2. The second-order valence-corrected chi connectivity index (χ2v) is 8.48. The van der Waals surface area contributed by atoms with Crippen molar-refractivity contribution in [1.29, 1.82) is 0 Å². The zero-order chi connectivity index (χ0) is 24.2. The van der Waals surface area contributed by atoms with Crippen molar-refractivity contribution in [3.8, 4) is 11.5 Å². The van der Waals surface area contributed by atoms with E-state index < -0.39 is 0 Å². The number of hydrazone groups is 1. The third-order valence-electron chi connectivity index (χ3n) is 5.60. The van der Waals surface area contributed by atoms with Crippen LogP contribution in [0.5, 0.6) is 11.5 Å². The minimum Gasteiger partial charge on any atom is -0.497 e. The average Bonchev–Trinajstić information content (AvgIpc) is 3.11. The van der Waals surface area contributed by atoms with Gasteiger partial charge in [0.1, 0.15) is 11.5 Å². The summed E-state index contributed by atoms with van der Waals surface area (Å²) in [6, 6.07) is 18.5. The summed E-state index contributed by atoms with van der Waals surface area (Å²) >= 11 is 12.5. The number of nitrogens with one attached hydrogen (secondary N) is 1. The third kappa shape index (κ3) is 4.88. The molecule has 0 atom stereocenters. The monoisotopic (exact) mass is 495 g/mol. The van der Waals surface area contributed by atoms with Crippen molar-refractivity contribution in [1.82, 2.24) is 9.99 Å². The van der Waals surface area contributed by atoms with Gasteiger partial charge in [0, 0.05) is 50.4 Å². The fourth-order valence-corrected chi connectivity index (χ4v) is 4.27. The highest BCUT2D eigenvalue weighted by atomic mass is 35.5. The van der Waals surface area contributed by atoms with Gasteiger partial charge in [0.2, 0.25) is 0 Å². The lowest BCUT2D eigenvalue weighted by molar-refractivity contribution is 0.0954. The number of amides is 1. The van der Waals surface area contributed by atoms with Gasteiger partial charge in [-0.3, -0.25) is 4.79 Å². The Hall–Kier alpha value is -3.48. The first-order valence-electron chi connectivity index (χ1n) is 10.5. The molecule has 1 aromatic heterocycles. The molecular formula is C26H23Cl2N3O3. The van der Waals surface area contributed by atoms with Gasteiger partial charge in [-0.1, -0.05) is 47.5 Å². The van der Waals surface area contributed by atoms with Crippen molar-refractivity contribution in [2.24, 2.45) is 5.10 Å². The standard InChI is InChI=1S/C26H23Cl2N3O3/c1-16-23(14-29-30-26(32)18-10-20(33-2)13-21(11-18)34-3)22-6-4-5-7-25(22)31(16)15-17-8-9-19(27)12-24(17)28/h4-14H,15H2,1-3H3,(H,30,32). The molecule has 1 amide bonds. The number of halogens is 2. The van der Waals surface area contributed by atoms with Gasteiger partial charge in [-0.15, -0.1) is 0 Å². The Morgan fingerprint density at radius 3 is 2.41 bits per heavy atom. The lowest BCUT2D eigenvalue weighted by Crippen LogP contribution is -2.17. The molecule has 0 saturated heterocycles. The van der Waals surface area contributed by atoms with E-state index in [4.69, 9.17) is 32.7 Å². The largest absolute Gasteiger partial charge is 0.497 e. The van der Waals surface area contributed by atoms with Crippen LogP contribution in [-0.2, 0) is 6.54 Å². The molecule has 3 aromatic carbocycles. The first-order valence-corrected chi connectivity index (χ1v) is 11.2. The van der Waals surface area contributed by atoms with Gasteiger partial charge in [-0.2, -0.15) is 5.10 Å². The number of aromatic nitrogens is 1. The van der Waals surface area contributed by atoms with Crippen molar-refractivity contribution in [2.45, 2.75) is 13.5 Å². The van der Waals surface area contributed by atoms with E-state index in [0.29, 0.717) is 33.7 Å². The molecule has 0 aliphatic heterocycles. The van der Waals surface area contributed by atoms with Gasteiger partial charge in [-0.25, -0.2) is 5.43 Å². The van der Waals surface area contributed by atoms with Crippen LogP contribution in [0.2, 0.25) is 10.0 Å². The third-order valence-corrected chi connectivity index (χ3v) is 6.18. The van der Waals surface area contributed by atoms with Gasteiger partial charge in [-0.05, 0) is 42.8 Å². The molecule has 34 heavy (non-hydrogen) atoms. The van der Waals surface area contributed by atoms with Gasteiger partial charge in [0.15, 0.2) is 0 Å². The predicted octanol–water partition coefficient (Wildman–Crippen LogP) is 6.09. The maximum Gasteiger partial charge on any atom is 0.271 e. The molecule has 0 bridgehead atoms. The summed E-state index contributed by atoms with van der Waals surface area (Å²) in [6.45, 7) is 2.59. The van der Waals surface area contributed by atoms with Crippen LogP contribution in [0.25, 0.3) is 10.9 Å². The minimum atomic E-state index is -0.372. The maximum absolute atomic E-state index is 12.7. The maximum atomic E-state index is 12.7. The Morgan fingerprint density at radius 2 is 1.74 bits per heavy atom. The molecular weight excluding hydrogens is 473 g/mol. The number of hydrogen-bond acceptors (Lipinski definition) is 4. The second-order valence-electron chi connectivity index (χ2n) is 7.64. The van der Waals surface area contributed by atoms with E-state index in [1.807, 2.05) is 43.3 Å². The Morgan fingerprint density at radius 1 is 1.03 bits per heavy atom. The zero-order valence-electron chi connectivity index (χ0n) is 18.9. The predicted molar refractivity (Wildman–Crippen MR) is 137 cm³/mol. The zero-order valence-corrected chi connectivity index (χ0v) is 20.4. The van der Waals surface area contributed by atoms with Crippen LogP contribution in [0.1, 0.15) is 27.2 Å². The number of carbonyl (C=O) groups is 1. The van der Waals surface area contributed by atoms with E-state index in [0.717, 1.165) is 27.7 Å². The summed E-state index contributed by atoms with van der Waals surface area (Å²) in [6.07, 6.45) is 1.66. The average molecular weight is 496 g/mol. The first kappa shape index (κ1) is 23.7. The molecule has 174 valence electrons. The van der Waals surface area contributed by atoms with Crippen LogP contribution >= 0.6 is 23.2 Å². The first-order chi connectivity index (χ1) is 16.4. The lowest BCUT2D eigenvalue weighted by Gasteiger charge is -2.10. The fourth-order valence-electron chi connectivity index (χ4n) is 3.80. The summed E-state index contributed by atoms with van der Waals surface area (Å²) < 4.78 is 12.6. The number of para-hydroxylation sites is 1. The number of fused-ring (bicyclic) bond motifs is 1. The quantitative estimate of drug-likeness (QED) is 0.249. The van der Waals surface area contributed by atoms with E-state index in [2.05, 4.69) is 15.1 Å². The van der Waals surface area contributed by atoms with E-state index in [9.17, 15) is 4.79 Å². The Labute approximate surface area is 207 Å². The fraction of sp³-hybridized carbons (Fsp3) is 0.154. The van der Waals surface area contributed by atoms with E-state index >= 15 is 0 Å². The molecule has 0 fully saturated rings. The van der Waals surface area contributed by atoms with Crippen LogP contribution in [0.15, 0.2) is 65.8 Å². The molecule has 0 unspecified atom stereocenters. The van der Waals surface area contributed by atoms with Gasteiger partial charge in [0.05, 0.1) is 20.4 Å². The number of nitrogens with zero attached hydrogens (tertiary/aromatic N) is 2. The molecule has 1 N–H and O–H groups in total. The summed E-state index contributed by atoms with van der Waals surface area (Å²) in [4.78, 5) is 12.7.